The quantitative estimate of drug-likeness (QED) is 0.749. The smallest absolute Gasteiger partial charge is 0.155 e. The Bertz CT molecular complexity index is 450. The summed E-state index contributed by atoms with van der Waals surface area (Å²) in [5.41, 5.74) is 1.93. The van der Waals surface area contributed by atoms with Crippen molar-refractivity contribution in [2.24, 2.45) is 0 Å². The second-order valence-corrected chi connectivity index (χ2v) is 4.37. The van der Waals surface area contributed by atoms with Crippen LogP contribution < -0.4 is 0 Å². The lowest BCUT2D eigenvalue weighted by atomic mass is 9.99. The van der Waals surface area contributed by atoms with Crippen molar-refractivity contribution in [3.63, 3.8) is 0 Å². The third-order valence-electron chi connectivity index (χ3n) is 2.65. The van der Waals surface area contributed by atoms with Gasteiger partial charge in [0, 0.05) is 29.3 Å². The van der Waals surface area contributed by atoms with Gasteiger partial charge in [0.05, 0.1) is 6.20 Å². The van der Waals surface area contributed by atoms with Crippen LogP contribution in [-0.4, -0.2) is 20.0 Å². The normalized spacial score (nSPS) is 15.4. The molecule has 0 saturated carbocycles. The molecule has 0 spiro atoms. The van der Waals surface area contributed by atoms with Crippen LogP contribution in [0.3, 0.4) is 0 Å². The lowest BCUT2D eigenvalue weighted by Crippen LogP contribution is -2.10. The Kier molecular flexibility index (Phi) is 2.91. The highest BCUT2D eigenvalue weighted by atomic mass is 35.5. The number of hydrogen-bond acceptors (Lipinski definition) is 2. The number of aromatic nitrogens is 3. The van der Waals surface area contributed by atoms with E-state index in [0.717, 1.165) is 17.8 Å². The number of nitrogens with zero attached hydrogens (tertiary/aromatic N) is 3. The monoisotopic (exact) mass is 223 g/mol. The molecule has 0 fully saturated rings. The maximum Gasteiger partial charge on any atom is 0.155 e. The molecule has 2 unspecified atom stereocenters. The van der Waals surface area contributed by atoms with E-state index in [-0.39, 0.29) is 5.38 Å². The number of hydrogen-bond donors (Lipinski definition) is 0. The van der Waals surface area contributed by atoms with Crippen LogP contribution in [0.25, 0.3) is 5.65 Å². The summed E-state index contributed by atoms with van der Waals surface area (Å²) in [7, 11) is 0. The maximum atomic E-state index is 6.14. The van der Waals surface area contributed by atoms with Crippen LogP contribution in [0.2, 0.25) is 0 Å². The van der Waals surface area contributed by atoms with Crippen molar-refractivity contribution in [2.75, 3.05) is 0 Å². The SMILES string of the molecule is CCC(c1ccn2nccc2n1)C(C)Cl. The van der Waals surface area contributed by atoms with Crippen molar-refractivity contribution in [2.45, 2.75) is 31.6 Å². The van der Waals surface area contributed by atoms with Crippen LogP contribution in [0, 0.1) is 0 Å². The highest BCUT2D eigenvalue weighted by Crippen LogP contribution is 2.25. The van der Waals surface area contributed by atoms with Crippen molar-refractivity contribution >= 4 is 17.2 Å². The van der Waals surface area contributed by atoms with Gasteiger partial charge in [-0.2, -0.15) is 5.10 Å². The fourth-order valence-corrected chi connectivity index (χ4v) is 2.11. The van der Waals surface area contributed by atoms with Crippen molar-refractivity contribution in [3.05, 3.63) is 30.2 Å². The molecule has 2 aromatic heterocycles. The Balaban J connectivity index is 2.41. The van der Waals surface area contributed by atoms with E-state index >= 15 is 0 Å². The van der Waals surface area contributed by atoms with Gasteiger partial charge in [-0.25, -0.2) is 9.50 Å². The second-order valence-electron chi connectivity index (χ2n) is 3.68. The maximum absolute atomic E-state index is 6.14. The average molecular weight is 224 g/mol. The van der Waals surface area contributed by atoms with Gasteiger partial charge < -0.3 is 0 Å². The summed E-state index contributed by atoms with van der Waals surface area (Å²) in [4.78, 5) is 4.54. The second kappa shape index (κ2) is 4.19. The number of fused-ring (bicyclic) bond motifs is 1. The van der Waals surface area contributed by atoms with E-state index in [1.165, 1.54) is 0 Å². The van der Waals surface area contributed by atoms with Gasteiger partial charge in [-0.05, 0) is 19.4 Å². The lowest BCUT2D eigenvalue weighted by molar-refractivity contribution is 0.629. The number of alkyl halides is 1. The minimum atomic E-state index is 0.105. The van der Waals surface area contributed by atoms with E-state index in [1.807, 2.05) is 25.3 Å². The predicted molar refractivity (Wildman–Crippen MR) is 61.3 cm³/mol. The molecule has 0 aliphatic rings. The van der Waals surface area contributed by atoms with Gasteiger partial charge in [0.15, 0.2) is 5.65 Å². The molecule has 0 bridgehead atoms. The van der Waals surface area contributed by atoms with Crippen molar-refractivity contribution in [3.8, 4) is 0 Å². The Labute approximate surface area is 94.1 Å². The lowest BCUT2D eigenvalue weighted by Gasteiger charge is -2.16. The minimum absolute atomic E-state index is 0.105. The molecule has 80 valence electrons. The van der Waals surface area contributed by atoms with Crippen LogP contribution in [-0.2, 0) is 0 Å². The minimum Gasteiger partial charge on any atom is -0.233 e. The molecule has 0 aliphatic carbocycles. The van der Waals surface area contributed by atoms with Crippen LogP contribution >= 0.6 is 11.6 Å². The molecule has 0 N–H and O–H groups in total. The van der Waals surface area contributed by atoms with Crippen LogP contribution in [0.15, 0.2) is 24.5 Å². The molecule has 0 saturated heterocycles. The fourth-order valence-electron chi connectivity index (χ4n) is 1.80. The molecular formula is C11H14ClN3. The summed E-state index contributed by atoms with van der Waals surface area (Å²) >= 11 is 6.14. The molecule has 0 aliphatic heterocycles. The van der Waals surface area contributed by atoms with E-state index in [0.29, 0.717) is 5.92 Å². The van der Waals surface area contributed by atoms with Gasteiger partial charge in [-0.15, -0.1) is 11.6 Å². The molecule has 2 heterocycles. The van der Waals surface area contributed by atoms with Crippen LogP contribution in [0.5, 0.6) is 0 Å². The largest absolute Gasteiger partial charge is 0.233 e. The summed E-state index contributed by atoms with van der Waals surface area (Å²) in [5.74, 6) is 0.312. The third-order valence-corrected chi connectivity index (χ3v) is 2.96. The highest BCUT2D eigenvalue weighted by Gasteiger charge is 2.17. The standard InChI is InChI=1S/C11H14ClN3/c1-3-9(8(2)12)10-5-7-15-11(14-10)4-6-13-15/h4-9H,3H2,1-2H3. The summed E-state index contributed by atoms with van der Waals surface area (Å²) in [6, 6.07) is 3.89. The summed E-state index contributed by atoms with van der Waals surface area (Å²) in [6.07, 6.45) is 4.68. The van der Waals surface area contributed by atoms with Crippen molar-refractivity contribution < 1.29 is 0 Å². The summed E-state index contributed by atoms with van der Waals surface area (Å²) in [6.45, 7) is 4.14. The first-order valence-electron chi connectivity index (χ1n) is 5.16. The van der Waals surface area contributed by atoms with Crippen LogP contribution in [0.1, 0.15) is 31.9 Å². The van der Waals surface area contributed by atoms with Gasteiger partial charge in [-0.1, -0.05) is 6.92 Å². The van der Waals surface area contributed by atoms with Gasteiger partial charge in [0.2, 0.25) is 0 Å². The van der Waals surface area contributed by atoms with Crippen molar-refractivity contribution in [1.82, 2.24) is 14.6 Å². The molecule has 3 nitrogen and oxygen atoms in total. The average Bonchev–Trinajstić information content (AvgIpc) is 2.65. The van der Waals surface area contributed by atoms with Crippen LogP contribution in [0.4, 0.5) is 0 Å². The van der Waals surface area contributed by atoms with E-state index in [1.54, 1.807) is 10.7 Å². The zero-order valence-corrected chi connectivity index (χ0v) is 9.65. The van der Waals surface area contributed by atoms with E-state index in [9.17, 15) is 0 Å². The molecule has 0 radical (unpaired) electrons. The third kappa shape index (κ3) is 1.97. The molecule has 2 atom stereocenters. The Hall–Kier alpha value is -1.09. The molecule has 2 aromatic rings. The molecule has 0 aromatic carbocycles. The van der Waals surface area contributed by atoms with Gasteiger partial charge >= 0.3 is 0 Å². The first-order valence-corrected chi connectivity index (χ1v) is 5.60. The van der Waals surface area contributed by atoms with Gasteiger partial charge in [0.1, 0.15) is 0 Å². The highest BCUT2D eigenvalue weighted by molar-refractivity contribution is 6.20. The zero-order chi connectivity index (χ0) is 10.8. The molecular weight excluding hydrogens is 210 g/mol. The molecule has 2 rings (SSSR count). The molecule has 15 heavy (non-hydrogen) atoms. The molecule has 4 heteroatoms. The zero-order valence-electron chi connectivity index (χ0n) is 8.89. The Morgan fingerprint density at radius 2 is 2.27 bits per heavy atom. The Morgan fingerprint density at radius 3 is 2.93 bits per heavy atom. The van der Waals surface area contributed by atoms with Gasteiger partial charge in [-0.3, -0.25) is 0 Å². The van der Waals surface area contributed by atoms with E-state index in [2.05, 4.69) is 17.0 Å². The van der Waals surface area contributed by atoms with Crippen molar-refractivity contribution in [1.29, 1.82) is 0 Å². The van der Waals surface area contributed by atoms with Gasteiger partial charge in [0.25, 0.3) is 0 Å². The molecule has 0 amide bonds. The fraction of sp³-hybridized carbons (Fsp3) is 0.455. The number of halogens is 1. The predicted octanol–water partition coefficient (Wildman–Crippen LogP) is 2.85. The van der Waals surface area contributed by atoms with E-state index in [4.69, 9.17) is 11.6 Å². The summed E-state index contributed by atoms with van der Waals surface area (Å²) in [5, 5.41) is 4.22. The summed E-state index contributed by atoms with van der Waals surface area (Å²) < 4.78 is 1.76. The topological polar surface area (TPSA) is 30.2 Å². The van der Waals surface area contributed by atoms with E-state index < -0.39 is 0 Å². The number of rotatable bonds is 3. The first-order chi connectivity index (χ1) is 7.22. The Morgan fingerprint density at radius 1 is 1.47 bits per heavy atom. The first kappa shape index (κ1) is 10.4.